The minimum absolute atomic E-state index is 0.144. The van der Waals surface area contributed by atoms with Gasteiger partial charge in [0.15, 0.2) is 0 Å². The normalized spacial score (nSPS) is 11.2. The third-order valence-electron chi connectivity index (χ3n) is 4.50. The number of phenols is 1. The molecule has 0 spiro atoms. The summed E-state index contributed by atoms with van der Waals surface area (Å²) in [5.74, 6) is -0.169. The standard InChI is InChI=1S/C22H15N3O4/c26-19-11-10-16(25(28)29)12-15(19)13-23-21-20(14-6-2-1-3-7-14)24-18-9-5-4-8-17(18)22(21)27/h1-13,26H,(H,24,27). The van der Waals surface area contributed by atoms with Gasteiger partial charge in [-0.2, -0.15) is 0 Å². The summed E-state index contributed by atoms with van der Waals surface area (Å²) < 4.78 is 0. The molecule has 4 rings (SSSR count). The summed E-state index contributed by atoms with van der Waals surface area (Å²) in [4.78, 5) is 31.1. The number of hydrogen-bond donors (Lipinski definition) is 2. The van der Waals surface area contributed by atoms with Crippen LogP contribution in [-0.2, 0) is 0 Å². The molecule has 0 saturated heterocycles. The van der Waals surface area contributed by atoms with Crippen LogP contribution in [0.25, 0.3) is 22.2 Å². The van der Waals surface area contributed by atoms with Crippen LogP contribution in [0.2, 0.25) is 0 Å². The van der Waals surface area contributed by atoms with E-state index in [-0.39, 0.29) is 28.1 Å². The van der Waals surface area contributed by atoms with Crippen molar-refractivity contribution in [1.29, 1.82) is 0 Å². The highest BCUT2D eigenvalue weighted by atomic mass is 16.6. The fourth-order valence-electron chi connectivity index (χ4n) is 3.05. The van der Waals surface area contributed by atoms with E-state index >= 15 is 0 Å². The Kier molecular flexibility index (Phi) is 4.62. The number of aliphatic imine (C=N–C) groups is 1. The predicted molar refractivity (Wildman–Crippen MR) is 112 cm³/mol. The van der Waals surface area contributed by atoms with Crippen molar-refractivity contribution in [3.63, 3.8) is 0 Å². The Balaban J connectivity index is 1.92. The molecule has 0 aliphatic rings. The maximum atomic E-state index is 13.1. The van der Waals surface area contributed by atoms with Crippen LogP contribution in [0.1, 0.15) is 5.56 Å². The number of benzene rings is 3. The van der Waals surface area contributed by atoms with E-state index in [9.17, 15) is 20.0 Å². The van der Waals surface area contributed by atoms with Gasteiger partial charge in [-0.1, -0.05) is 42.5 Å². The first-order valence-corrected chi connectivity index (χ1v) is 8.76. The number of nitro benzene ring substituents is 1. The van der Waals surface area contributed by atoms with Gasteiger partial charge in [0.1, 0.15) is 11.4 Å². The van der Waals surface area contributed by atoms with Gasteiger partial charge in [0.05, 0.1) is 10.6 Å². The van der Waals surface area contributed by atoms with Crippen LogP contribution in [0.5, 0.6) is 5.75 Å². The van der Waals surface area contributed by atoms with Gasteiger partial charge in [-0.05, 0) is 18.2 Å². The number of para-hydroxylation sites is 1. The van der Waals surface area contributed by atoms with Crippen LogP contribution in [0.3, 0.4) is 0 Å². The fraction of sp³-hybridized carbons (Fsp3) is 0. The van der Waals surface area contributed by atoms with Gasteiger partial charge in [0.25, 0.3) is 5.69 Å². The third-order valence-corrected chi connectivity index (χ3v) is 4.50. The molecule has 0 amide bonds. The SMILES string of the molecule is O=c1c(N=Cc2cc([N+](=O)[O-])ccc2O)c(-c2ccccc2)[nH]c2ccccc12. The van der Waals surface area contributed by atoms with Crippen molar-refractivity contribution in [2.24, 2.45) is 4.99 Å². The Labute approximate surface area is 164 Å². The van der Waals surface area contributed by atoms with Crippen molar-refractivity contribution in [3.8, 4) is 17.0 Å². The number of aromatic hydroxyl groups is 1. The van der Waals surface area contributed by atoms with Gasteiger partial charge in [0.2, 0.25) is 5.43 Å². The minimum atomic E-state index is -0.561. The molecule has 2 N–H and O–H groups in total. The van der Waals surface area contributed by atoms with Crippen molar-refractivity contribution in [2.45, 2.75) is 0 Å². The maximum absolute atomic E-state index is 13.1. The van der Waals surface area contributed by atoms with Crippen LogP contribution < -0.4 is 5.43 Å². The molecule has 142 valence electrons. The number of aromatic amines is 1. The van der Waals surface area contributed by atoms with Crippen LogP contribution in [0.4, 0.5) is 11.4 Å². The molecule has 0 saturated carbocycles. The Morgan fingerprint density at radius 2 is 1.72 bits per heavy atom. The number of hydrogen-bond acceptors (Lipinski definition) is 5. The molecule has 0 bridgehead atoms. The molecule has 7 nitrogen and oxygen atoms in total. The van der Waals surface area contributed by atoms with E-state index in [1.807, 2.05) is 42.5 Å². The molecule has 0 aliphatic heterocycles. The van der Waals surface area contributed by atoms with Crippen LogP contribution in [0, 0.1) is 10.1 Å². The fourth-order valence-corrected chi connectivity index (χ4v) is 3.05. The van der Waals surface area contributed by atoms with Crippen LogP contribution >= 0.6 is 0 Å². The average molecular weight is 385 g/mol. The number of nitrogens with one attached hydrogen (secondary N) is 1. The van der Waals surface area contributed by atoms with Crippen LogP contribution in [-0.4, -0.2) is 21.2 Å². The highest BCUT2D eigenvalue weighted by molar-refractivity contribution is 5.92. The Hall–Kier alpha value is -4.26. The van der Waals surface area contributed by atoms with E-state index in [1.165, 1.54) is 24.4 Å². The maximum Gasteiger partial charge on any atom is 0.270 e. The summed E-state index contributed by atoms with van der Waals surface area (Å²) >= 11 is 0. The Morgan fingerprint density at radius 3 is 2.48 bits per heavy atom. The number of nitro groups is 1. The quantitative estimate of drug-likeness (QED) is 0.305. The van der Waals surface area contributed by atoms with Gasteiger partial charge in [-0.3, -0.25) is 14.9 Å². The molecule has 0 radical (unpaired) electrons. The van der Waals surface area contributed by atoms with E-state index in [4.69, 9.17) is 0 Å². The van der Waals surface area contributed by atoms with Crippen molar-refractivity contribution in [3.05, 3.63) is 98.7 Å². The third kappa shape index (κ3) is 3.49. The van der Waals surface area contributed by atoms with Gasteiger partial charge >= 0.3 is 0 Å². The summed E-state index contributed by atoms with van der Waals surface area (Å²) in [6.07, 6.45) is 1.26. The molecule has 3 aromatic carbocycles. The lowest BCUT2D eigenvalue weighted by Gasteiger charge is -2.09. The summed E-state index contributed by atoms with van der Waals surface area (Å²) in [5.41, 5.74) is 1.81. The first-order chi connectivity index (χ1) is 14.0. The number of phenolic OH excluding ortho intramolecular Hbond substituents is 1. The Bertz CT molecular complexity index is 1310. The number of non-ortho nitro benzene ring substituents is 1. The topological polar surface area (TPSA) is 109 Å². The smallest absolute Gasteiger partial charge is 0.270 e. The van der Waals surface area contributed by atoms with Gasteiger partial charge in [0, 0.05) is 40.4 Å². The number of nitrogens with zero attached hydrogens (tertiary/aromatic N) is 2. The zero-order chi connectivity index (χ0) is 20.4. The number of aromatic nitrogens is 1. The molecule has 0 fully saturated rings. The highest BCUT2D eigenvalue weighted by Crippen LogP contribution is 2.28. The number of pyridine rings is 1. The lowest BCUT2D eigenvalue weighted by molar-refractivity contribution is -0.384. The molecule has 4 aromatic rings. The number of fused-ring (bicyclic) bond motifs is 1. The first-order valence-electron chi connectivity index (χ1n) is 8.76. The van der Waals surface area contributed by atoms with Crippen molar-refractivity contribution in [1.82, 2.24) is 4.98 Å². The second-order valence-electron chi connectivity index (χ2n) is 6.35. The largest absolute Gasteiger partial charge is 0.507 e. The summed E-state index contributed by atoms with van der Waals surface area (Å²) in [7, 11) is 0. The molecule has 29 heavy (non-hydrogen) atoms. The van der Waals surface area contributed by atoms with Gasteiger partial charge in [-0.15, -0.1) is 0 Å². The predicted octanol–water partition coefficient (Wildman–Crippen LogP) is 4.56. The van der Waals surface area contributed by atoms with E-state index in [1.54, 1.807) is 12.1 Å². The zero-order valence-corrected chi connectivity index (χ0v) is 15.1. The summed E-state index contributed by atoms with van der Waals surface area (Å²) in [6.45, 7) is 0. The molecule has 1 aromatic heterocycles. The molecule has 0 atom stereocenters. The van der Waals surface area contributed by atoms with Crippen molar-refractivity contribution in [2.75, 3.05) is 0 Å². The molecule has 0 aliphatic carbocycles. The molecular formula is C22H15N3O4. The van der Waals surface area contributed by atoms with Gasteiger partial charge < -0.3 is 10.1 Å². The number of H-pyrrole nitrogens is 1. The number of rotatable bonds is 4. The van der Waals surface area contributed by atoms with E-state index in [0.717, 1.165) is 5.56 Å². The van der Waals surface area contributed by atoms with E-state index in [0.29, 0.717) is 16.6 Å². The van der Waals surface area contributed by atoms with Crippen molar-refractivity contribution >= 4 is 28.5 Å². The Morgan fingerprint density at radius 1 is 1.00 bits per heavy atom. The first kappa shape index (κ1) is 18.1. The minimum Gasteiger partial charge on any atom is -0.507 e. The molecule has 0 unspecified atom stereocenters. The van der Waals surface area contributed by atoms with Gasteiger partial charge in [-0.25, -0.2) is 4.99 Å². The second kappa shape index (κ2) is 7.40. The highest BCUT2D eigenvalue weighted by Gasteiger charge is 2.14. The average Bonchev–Trinajstić information content (AvgIpc) is 2.74. The lowest BCUT2D eigenvalue weighted by Crippen LogP contribution is -2.05. The van der Waals surface area contributed by atoms with Crippen LogP contribution in [0.15, 0.2) is 82.6 Å². The lowest BCUT2D eigenvalue weighted by atomic mass is 10.1. The molecular weight excluding hydrogens is 370 g/mol. The van der Waals surface area contributed by atoms with E-state index < -0.39 is 4.92 Å². The zero-order valence-electron chi connectivity index (χ0n) is 15.1. The monoisotopic (exact) mass is 385 g/mol. The molecule has 1 heterocycles. The second-order valence-corrected chi connectivity index (χ2v) is 6.35. The summed E-state index contributed by atoms with van der Waals surface area (Å²) in [5, 5.41) is 21.5. The van der Waals surface area contributed by atoms with E-state index in [2.05, 4.69) is 9.98 Å². The molecule has 7 heteroatoms. The summed E-state index contributed by atoms with van der Waals surface area (Å²) in [6, 6.07) is 20.0. The van der Waals surface area contributed by atoms with Crippen molar-refractivity contribution < 1.29 is 10.0 Å².